The molecule has 86 valence electrons. The Kier molecular flexibility index (Phi) is 3.45. The molecular weight excluding hydrogens is 212 g/mol. The lowest BCUT2D eigenvalue weighted by molar-refractivity contribution is 1.00. The Balaban J connectivity index is 2.31. The standard InChI is InChI=1S/C13H14N4/c14-12(15)7-6-10-4-3-9-17-13(10)11-5-1-2-8-16-11/h1-5,8-9H,6-7H2,(H3,14,15). The first-order valence-electron chi connectivity index (χ1n) is 5.45. The van der Waals surface area contributed by atoms with Gasteiger partial charge < -0.3 is 5.73 Å². The average Bonchev–Trinajstić information content (AvgIpc) is 2.38. The number of amidine groups is 1. The van der Waals surface area contributed by atoms with Gasteiger partial charge in [0.2, 0.25) is 0 Å². The van der Waals surface area contributed by atoms with Crippen molar-refractivity contribution in [1.29, 1.82) is 5.41 Å². The monoisotopic (exact) mass is 226 g/mol. The van der Waals surface area contributed by atoms with Crippen molar-refractivity contribution in [3.8, 4) is 11.4 Å². The first-order chi connectivity index (χ1) is 8.27. The summed E-state index contributed by atoms with van der Waals surface area (Å²) in [6.07, 6.45) is 4.76. The molecule has 2 heterocycles. The van der Waals surface area contributed by atoms with Gasteiger partial charge in [-0.1, -0.05) is 12.1 Å². The quantitative estimate of drug-likeness (QED) is 0.618. The van der Waals surface area contributed by atoms with Gasteiger partial charge in [-0.3, -0.25) is 15.4 Å². The molecule has 0 radical (unpaired) electrons. The van der Waals surface area contributed by atoms with Gasteiger partial charge in [0.1, 0.15) is 0 Å². The summed E-state index contributed by atoms with van der Waals surface area (Å²) in [5.41, 5.74) is 8.17. The van der Waals surface area contributed by atoms with Crippen LogP contribution in [0, 0.1) is 5.41 Å². The van der Waals surface area contributed by atoms with Crippen LogP contribution in [-0.4, -0.2) is 15.8 Å². The lowest BCUT2D eigenvalue weighted by atomic mass is 10.1. The molecule has 0 amide bonds. The zero-order chi connectivity index (χ0) is 12.1. The van der Waals surface area contributed by atoms with Crippen LogP contribution < -0.4 is 5.73 Å². The summed E-state index contributed by atoms with van der Waals surface area (Å²) in [5, 5.41) is 7.26. The highest BCUT2D eigenvalue weighted by molar-refractivity contribution is 5.77. The van der Waals surface area contributed by atoms with Crippen molar-refractivity contribution < 1.29 is 0 Å². The van der Waals surface area contributed by atoms with Crippen LogP contribution in [0.2, 0.25) is 0 Å². The molecule has 2 rings (SSSR count). The normalized spacial score (nSPS) is 10.1. The molecule has 0 aliphatic rings. The number of aromatic nitrogens is 2. The van der Waals surface area contributed by atoms with Crippen LogP contribution in [0.15, 0.2) is 42.7 Å². The molecule has 2 aromatic rings. The van der Waals surface area contributed by atoms with Crippen LogP contribution in [0.3, 0.4) is 0 Å². The predicted molar refractivity (Wildman–Crippen MR) is 67.7 cm³/mol. The second-order valence-electron chi connectivity index (χ2n) is 3.75. The van der Waals surface area contributed by atoms with Crippen molar-refractivity contribution in [2.24, 2.45) is 5.73 Å². The Morgan fingerprint density at radius 1 is 1.12 bits per heavy atom. The van der Waals surface area contributed by atoms with Gasteiger partial charge in [-0.2, -0.15) is 0 Å². The Morgan fingerprint density at radius 2 is 1.94 bits per heavy atom. The predicted octanol–water partition coefficient (Wildman–Crippen LogP) is 2.01. The fourth-order valence-electron chi connectivity index (χ4n) is 1.64. The van der Waals surface area contributed by atoms with E-state index in [0.717, 1.165) is 23.4 Å². The number of aryl methyl sites for hydroxylation is 1. The van der Waals surface area contributed by atoms with Gasteiger partial charge in [0.05, 0.1) is 17.2 Å². The van der Waals surface area contributed by atoms with Crippen LogP contribution in [0.4, 0.5) is 0 Å². The third kappa shape index (κ3) is 2.87. The van der Waals surface area contributed by atoms with Crippen molar-refractivity contribution in [2.45, 2.75) is 12.8 Å². The summed E-state index contributed by atoms with van der Waals surface area (Å²) < 4.78 is 0. The van der Waals surface area contributed by atoms with Crippen LogP contribution in [-0.2, 0) is 6.42 Å². The summed E-state index contributed by atoms with van der Waals surface area (Å²) in [6.45, 7) is 0. The van der Waals surface area contributed by atoms with E-state index in [1.165, 1.54) is 0 Å². The highest BCUT2D eigenvalue weighted by atomic mass is 14.8. The van der Waals surface area contributed by atoms with E-state index in [1.54, 1.807) is 12.4 Å². The number of pyridine rings is 2. The second-order valence-corrected chi connectivity index (χ2v) is 3.75. The fraction of sp³-hybridized carbons (Fsp3) is 0.154. The van der Waals surface area contributed by atoms with Gasteiger partial charge in [0.25, 0.3) is 0 Å². The number of rotatable bonds is 4. The lowest BCUT2D eigenvalue weighted by Crippen LogP contribution is -2.10. The molecule has 0 unspecified atom stereocenters. The largest absolute Gasteiger partial charge is 0.388 e. The van der Waals surface area contributed by atoms with E-state index in [-0.39, 0.29) is 5.84 Å². The summed E-state index contributed by atoms with van der Waals surface area (Å²) >= 11 is 0. The zero-order valence-electron chi connectivity index (χ0n) is 9.43. The molecule has 0 aliphatic heterocycles. The van der Waals surface area contributed by atoms with E-state index in [4.69, 9.17) is 11.1 Å². The summed E-state index contributed by atoms with van der Waals surface area (Å²) in [4.78, 5) is 8.64. The Morgan fingerprint density at radius 3 is 2.65 bits per heavy atom. The molecule has 0 aromatic carbocycles. The Bertz CT molecular complexity index is 508. The van der Waals surface area contributed by atoms with Crippen molar-refractivity contribution in [2.75, 3.05) is 0 Å². The molecular formula is C13H14N4. The molecule has 0 aliphatic carbocycles. The average molecular weight is 226 g/mol. The molecule has 0 atom stereocenters. The number of hydrogen-bond acceptors (Lipinski definition) is 3. The van der Waals surface area contributed by atoms with Gasteiger partial charge in [-0.15, -0.1) is 0 Å². The minimum Gasteiger partial charge on any atom is -0.388 e. The van der Waals surface area contributed by atoms with Crippen LogP contribution in [0.25, 0.3) is 11.4 Å². The number of nitrogens with two attached hydrogens (primary N) is 1. The molecule has 4 heteroatoms. The molecule has 3 N–H and O–H groups in total. The van der Waals surface area contributed by atoms with Gasteiger partial charge in [0.15, 0.2) is 0 Å². The molecule has 2 aromatic heterocycles. The smallest absolute Gasteiger partial charge is 0.0918 e. The van der Waals surface area contributed by atoms with E-state index >= 15 is 0 Å². The maximum absolute atomic E-state index is 7.26. The van der Waals surface area contributed by atoms with Crippen LogP contribution in [0.5, 0.6) is 0 Å². The molecule has 0 fully saturated rings. The minimum atomic E-state index is 0.195. The van der Waals surface area contributed by atoms with Crippen molar-refractivity contribution >= 4 is 5.84 Å². The van der Waals surface area contributed by atoms with Gasteiger partial charge >= 0.3 is 0 Å². The van der Waals surface area contributed by atoms with Crippen LogP contribution in [0.1, 0.15) is 12.0 Å². The van der Waals surface area contributed by atoms with Crippen LogP contribution >= 0.6 is 0 Å². The number of hydrogen-bond donors (Lipinski definition) is 2. The van der Waals surface area contributed by atoms with Gasteiger partial charge in [-0.25, -0.2) is 0 Å². The second kappa shape index (κ2) is 5.21. The number of nitrogens with one attached hydrogen (secondary N) is 1. The Hall–Kier alpha value is -2.23. The molecule has 17 heavy (non-hydrogen) atoms. The van der Waals surface area contributed by atoms with E-state index in [0.29, 0.717) is 6.42 Å². The summed E-state index contributed by atoms with van der Waals surface area (Å²) in [6, 6.07) is 9.63. The van der Waals surface area contributed by atoms with E-state index < -0.39 is 0 Å². The third-order valence-corrected chi connectivity index (χ3v) is 2.46. The fourth-order valence-corrected chi connectivity index (χ4v) is 1.64. The first-order valence-corrected chi connectivity index (χ1v) is 5.45. The van der Waals surface area contributed by atoms with Gasteiger partial charge in [0, 0.05) is 18.8 Å². The molecule has 4 nitrogen and oxygen atoms in total. The van der Waals surface area contributed by atoms with Crippen molar-refractivity contribution in [3.63, 3.8) is 0 Å². The molecule has 0 saturated heterocycles. The SMILES string of the molecule is N=C(N)CCc1cccnc1-c1ccccn1. The van der Waals surface area contributed by atoms with Crippen molar-refractivity contribution in [1.82, 2.24) is 9.97 Å². The number of nitrogens with zero attached hydrogens (tertiary/aromatic N) is 2. The lowest BCUT2D eigenvalue weighted by Gasteiger charge is -2.07. The van der Waals surface area contributed by atoms with E-state index in [2.05, 4.69) is 9.97 Å². The maximum Gasteiger partial charge on any atom is 0.0918 e. The molecule has 0 spiro atoms. The topological polar surface area (TPSA) is 75.7 Å². The highest BCUT2D eigenvalue weighted by Gasteiger charge is 2.06. The summed E-state index contributed by atoms with van der Waals surface area (Å²) in [5.74, 6) is 0.195. The first kappa shape index (κ1) is 11.3. The van der Waals surface area contributed by atoms with E-state index in [1.807, 2.05) is 30.3 Å². The summed E-state index contributed by atoms with van der Waals surface area (Å²) in [7, 11) is 0. The van der Waals surface area contributed by atoms with E-state index in [9.17, 15) is 0 Å². The zero-order valence-corrected chi connectivity index (χ0v) is 9.43. The Labute approximate surface area is 100 Å². The minimum absolute atomic E-state index is 0.195. The molecule has 0 bridgehead atoms. The highest BCUT2D eigenvalue weighted by Crippen LogP contribution is 2.19. The maximum atomic E-state index is 7.26. The van der Waals surface area contributed by atoms with Gasteiger partial charge in [-0.05, 0) is 30.2 Å². The third-order valence-electron chi connectivity index (χ3n) is 2.46. The van der Waals surface area contributed by atoms with Crippen molar-refractivity contribution in [3.05, 3.63) is 48.3 Å². The molecule has 0 saturated carbocycles.